The van der Waals surface area contributed by atoms with Crippen molar-refractivity contribution in [3.05, 3.63) is 28.2 Å². The van der Waals surface area contributed by atoms with Gasteiger partial charge in [0.2, 0.25) is 0 Å². The molecule has 1 aromatic carbocycles. The van der Waals surface area contributed by atoms with Crippen molar-refractivity contribution in [2.24, 2.45) is 0 Å². The Labute approximate surface area is 115 Å². The van der Waals surface area contributed by atoms with E-state index in [0.29, 0.717) is 16.6 Å². The van der Waals surface area contributed by atoms with E-state index in [4.69, 9.17) is 0 Å². The van der Waals surface area contributed by atoms with Crippen LogP contribution in [0.4, 0.5) is 5.69 Å². The third-order valence-corrected chi connectivity index (χ3v) is 3.75. The minimum atomic E-state index is -0.693. The molecule has 0 bridgehead atoms. The van der Waals surface area contributed by atoms with Crippen LogP contribution in [0.5, 0.6) is 0 Å². The van der Waals surface area contributed by atoms with Gasteiger partial charge in [-0.3, -0.25) is 9.59 Å². The normalized spacial score (nSPS) is 16.3. The lowest BCUT2D eigenvalue weighted by atomic mass is 10.1. The molecule has 0 saturated heterocycles. The first-order valence-electron chi connectivity index (χ1n) is 4.94. The summed E-state index contributed by atoms with van der Waals surface area (Å²) in [6.07, 6.45) is -0.693. The number of hydrogen-bond acceptors (Lipinski definition) is 3. The van der Waals surface area contributed by atoms with Crippen molar-refractivity contribution >= 4 is 49.2 Å². The number of fused-ring (bicyclic) bond motifs is 1. The van der Waals surface area contributed by atoms with E-state index in [9.17, 15) is 14.7 Å². The number of aliphatic hydroxyl groups is 1. The zero-order valence-corrected chi connectivity index (χ0v) is 11.9. The highest BCUT2D eigenvalue weighted by Crippen LogP contribution is 2.31. The van der Waals surface area contributed by atoms with E-state index in [1.807, 2.05) is 0 Å². The smallest absolute Gasteiger partial charge is 0.299 e. The predicted octanol–water partition coefficient (Wildman–Crippen LogP) is 1.73. The third kappa shape index (κ3) is 2.29. The number of alkyl halides is 1. The topological polar surface area (TPSA) is 57.6 Å². The number of ketones is 1. The SMILES string of the molecule is O=C1C(=O)N(CC(O)CBr)c2ccc(Br)cc21. The second-order valence-electron chi connectivity index (χ2n) is 3.71. The van der Waals surface area contributed by atoms with Gasteiger partial charge in [0, 0.05) is 9.80 Å². The Morgan fingerprint density at radius 2 is 2.06 bits per heavy atom. The molecule has 1 atom stereocenters. The van der Waals surface area contributed by atoms with Crippen LogP contribution in [0.15, 0.2) is 22.7 Å². The summed E-state index contributed by atoms with van der Waals surface area (Å²) in [6.45, 7) is 0.116. The van der Waals surface area contributed by atoms with Crippen LogP contribution < -0.4 is 4.90 Å². The van der Waals surface area contributed by atoms with Gasteiger partial charge in [-0.1, -0.05) is 31.9 Å². The molecule has 17 heavy (non-hydrogen) atoms. The van der Waals surface area contributed by atoms with Crippen molar-refractivity contribution in [2.75, 3.05) is 16.8 Å². The molecule has 1 amide bonds. The van der Waals surface area contributed by atoms with Crippen LogP contribution in [0.1, 0.15) is 10.4 Å². The van der Waals surface area contributed by atoms with Crippen molar-refractivity contribution in [2.45, 2.75) is 6.10 Å². The zero-order chi connectivity index (χ0) is 12.6. The Morgan fingerprint density at radius 1 is 1.35 bits per heavy atom. The number of carbonyl (C=O) groups is 2. The minimum Gasteiger partial charge on any atom is -0.390 e. The Morgan fingerprint density at radius 3 is 2.71 bits per heavy atom. The first-order valence-corrected chi connectivity index (χ1v) is 6.86. The number of β-amino-alcohol motifs (C(OH)–C–C–N with tert-alkyl or cyclic N) is 1. The van der Waals surface area contributed by atoms with Crippen molar-refractivity contribution in [3.63, 3.8) is 0 Å². The van der Waals surface area contributed by atoms with Crippen molar-refractivity contribution in [1.82, 2.24) is 0 Å². The van der Waals surface area contributed by atoms with Crippen molar-refractivity contribution in [3.8, 4) is 0 Å². The molecule has 0 spiro atoms. The molecule has 1 unspecified atom stereocenters. The van der Waals surface area contributed by atoms with Crippen molar-refractivity contribution in [1.29, 1.82) is 0 Å². The van der Waals surface area contributed by atoms with Crippen LogP contribution in [0.2, 0.25) is 0 Å². The van der Waals surface area contributed by atoms with E-state index in [-0.39, 0.29) is 6.54 Å². The second kappa shape index (κ2) is 4.88. The van der Waals surface area contributed by atoms with Gasteiger partial charge >= 0.3 is 0 Å². The standard InChI is InChI=1S/C11H9Br2NO3/c12-4-7(15)5-14-9-2-1-6(13)3-8(9)10(16)11(14)17/h1-3,7,15H,4-5H2. The van der Waals surface area contributed by atoms with Gasteiger partial charge in [0.1, 0.15) is 0 Å². The number of amides is 1. The Kier molecular flexibility index (Phi) is 3.65. The molecule has 0 aromatic heterocycles. The molecule has 1 aliphatic heterocycles. The van der Waals surface area contributed by atoms with Crippen LogP contribution in [-0.2, 0) is 4.79 Å². The average Bonchev–Trinajstić information content (AvgIpc) is 2.54. The summed E-state index contributed by atoms with van der Waals surface area (Å²) in [5, 5.41) is 9.90. The molecule has 6 heteroatoms. The molecule has 2 rings (SSSR count). The van der Waals surface area contributed by atoms with Gasteiger partial charge in [-0.05, 0) is 18.2 Å². The van der Waals surface area contributed by atoms with E-state index < -0.39 is 17.8 Å². The number of aliphatic hydroxyl groups excluding tert-OH is 1. The van der Waals surface area contributed by atoms with Gasteiger partial charge in [0.15, 0.2) is 0 Å². The van der Waals surface area contributed by atoms with Gasteiger partial charge in [0.25, 0.3) is 11.7 Å². The molecular weight excluding hydrogens is 354 g/mol. The molecular formula is C11H9Br2NO3. The Hall–Kier alpha value is -0.720. The fourth-order valence-electron chi connectivity index (χ4n) is 1.71. The number of rotatable bonds is 3. The molecule has 4 nitrogen and oxygen atoms in total. The summed E-state index contributed by atoms with van der Waals surface area (Å²) in [5.41, 5.74) is 0.939. The highest BCUT2D eigenvalue weighted by molar-refractivity contribution is 9.10. The number of carbonyl (C=O) groups excluding carboxylic acids is 2. The first-order chi connectivity index (χ1) is 8.04. The number of halogens is 2. The summed E-state index contributed by atoms with van der Waals surface area (Å²) in [5.74, 6) is -1.11. The highest BCUT2D eigenvalue weighted by atomic mass is 79.9. The molecule has 0 fully saturated rings. The Bertz CT molecular complexity index is 490. The van der Waals surface area contributed by atoms with Gasteiger partial charge in [-0.15, -0.1) is 0 Å². The summed E-state index contributed by atoms with van der Waals surface area (Å²) in [6, 6.07) is 5.08. The lowest BCUT2D eigenvalue weighted by Crippen LogP contribution is -2.37. The maximum absolute atomic E-state index is 11.8. The van der Waals surface area contributed by atoms with Gasteiger partial charge in [-0.25, -0.2) is 0 Å². The fourth-order valence-corrected chi connectivity index (χ4v) is 2.28. The monoisotopic (exact) mass is 361 g/mol. The van der Waals surface area contributed by atoms with Gasteiger partial charge in [-0.2, -0.15) is 0 Å². The van der Waals surface area contributed by atoms with Crippen LogP contribution in [0, 0.1) is 0 Å². The van der Waals surface area contributed by atoms with E-state index in [0.717, 1.165) is 4.47 Å². The van der Waals surface area contributed by atoms with Crippen LogP contribution in [0.25, 0.3) is 0 Å². The first kappa shape index (κ1) is 12.7. The summed E-state index contributed by atoms with van der Waals surface area (Å²) in [4.78, 5) is 24.8. The molecule has 1 aliphatic rings. The maximum Gasteiger partial charge on any atom is 0.299 e. The van der Waals surface area contributed by atoms with Crippen LogP contribution in [0.3, 0.4) is 0 Å². The lowest BCUT2D eigenvalue weighted by molar-refractivity contribution is -0.114. The minimum absolute atomic E-state index is 0.116. The van der Waals surface area contributed by atoms with E-state index >= 15 is 0 Å². The molecule has 1 aromatic rings. The van der Waals surface area contributed by atoms with E-state index in [1.54, 1.807) is 18.2 Å². The molecule has 0 saturated carbocycles. The van der Waals surface area contributed by atoms with E-state index in [1.165, 1.54) is 4.90 Å². The van der Waals surface area contributed by atoms with Crippen molar-refractivity contribution < 1.29 is 14.7 Å². The number of hydrogen-bond donors (Lipinski definition) is 1. The fraction of sp³-hybridized carbons (Fsp3) is 0.273. The highest BCUT2D eigenvalue weighted by Gasteiger charge is 2.36. The van der Waals surface area contributed by atoms with Crippen LogP contribution in [-0.4, -0.2) is 34.8 Å². The second-order valence-corrected chi connectivity index (χ2v) is 5.28. The number of nitrogens with zero attached hydrogens (tertiary/aromatic N) is 1. The molecule has 90 valence electrons. The molecule has 1 N–H and O–H groups in total. The number of anilines is 1. The Balaban J connectivity index is 2.38. The van der Waals surface area contributed by atoms with Crippen LogP contribution >= 0.6 is 31.9 Å². The quantitative estimate of drug-likeness (QED) is 0.658. The van der Waals surface area contributed by atoms with E-state index in [2.05, 4.69) is 31.9 Å². The number of benzene rings is 1. The van der Waals surface area contributed by atoms with Gasteiger partial charge < -0.3 is 10.0 Å². The lowest BCUT2D eigenvalue weighted by Gasteiger charge is -2.19. The molecule has 1 heterocycles. The molecule has 0 radical (unpaired) electrons. The summed E-state index contributed by atoms with van der Waals surface area (Å²) in [7, 11) is 0. The van der Waals surface area contributed by atoms with Gasteiger partial charge in [0.05, 0.1) is 23.9 Å². The maximum atomic E-state index is 11.8. The molecule has 0 aliphatic carbocycles. The predicted molar refractivity (Wildman–Crippen MR) is 70.6 cm³/mol. The summed E-state index contributed by atoms with van der Waals surface area (Å²) < 4.78 is 0.750. The largest absolute Gasteiger partial charge is 0.390 e. The third-order valence-electron chi connectivity index (χ3n) is 2.50. The summed E-state index contributed by atoms with van der Waals surface area (Å²) >= 11 is 6.39. The zero-order valence-electron chi connectivity index (χ0n) is 8.69. The average molecular weight is 363 g/mol. The number of Topliss-reactive ketones (excluding diaryl/α,β-unsaturated/α-hetero) is 1.